The van der Waals surface area contributed by atoms with Crippen LogP contribution >= 0.6 is 0 Å². The third-order valence-corrected chi connectivity index (χ3v) is 2.39. The Labute approximate surface area is 91.8 Å². The van der Waals surface area contributed by atoms with Crippen molar-refractivity contribution in [2.75, 3.05) is 0 Å². The fourth-order valence-electron chi connectivity index (χ4n) is 1.64. The second-order valence-corrected chi connectivity index (χ2v) is 3.47. The van der Waals surface area contributed by atoms with Crippen LogP contribution in [0.5, 0.6) is 5.75 Å². The summed E-state index contributed by atoms with van der Waals surface area (Å²) in [6.07, 6.45) is 5.41. The maximum Gasteiger partial charge on any atom is 0.180 e. The van der Waals surface area contributed by atoms with Crippen LogP contribution in [-0.2, 0) is 0 Å². The molecule has 0 bridgehead atoms. The zero-order valence-electron chi connectivity index (χ0n) is 8.41. The molecule has 0 saturated carbocycles. The van der Waals surface area contributed by atoms with E-state index in [9.17, 15) is 5.11 Å². The summed E-state index contributed by atoms with van der Waals surface area (Å²) in [5, 5.41) is 9.63. The van der Waals surface area contributed by atoms with Gasteiger partial charge in [0.05, 0.1) is 5.69 Å². The molecule has 0 amide bonds. The molecule has 0 aromatic carbocycles. The van der Waals surface area contributed by atoms with Gasteiger partial charge in [-0.25, -0.2) is 4.98 Å². The van der Waals surface area contributed by atoms with Crippen molar-refractivity contribution in [1.29, 1.82) is 0 Å². The highest BCUT2D eigenvalue weighted by Gasteiger charge is 2.07. The van der Waals surface area contributed by atoms with Crippen molar-refractivity contribution in [3.8, 4) is 17.1 Å². The van der Waals surface area contributed by atoms with Gasteiger partial charge in [0.15, 0.2) is 11.4 Å². The van der Waals surface area contributed by atoms with E-state index in [1.807, 2.05) is 30.6 Å². The van der Waals surface area contributed by atoms with Gasteiger partial charge in [-0.15, -0.1) is 0 Å². The molecule has 1 N–H and O–H groups in total. The summed E-state index contributed by atoms with van der Waals surface area (Å²) in [5.74, 6) is 0.171. The first-order chi connectivity index (χ1) is 7.84. The molecule has 4 nitrogen and oxygen atoms in total. The van der Waals surface area contributed by atoms with Gasteiger partial charge in [-0.3, -0.25) is 4.98 Å². The van der Waals surface area contributed by atoms with Gasteiger partial charge < -0.3 is 9.51 Å². The largest absolute Gasteiger partial charge is 0.504 e. The number of pyridine rings is 2. The third-order valence-electron chi connectivity index (χ3n) is 2.39. The first-order valence-electron chi connectivity index (χ1n) is 4.93. The Hall–Kier alpha value is -2.36. The van der Waals surface area contributed by atoms with Gasteiger partial charge in [-0.05, 0) is 24.3 Å². The molecule has 0 radical (unpaired) electrons. The van der Waals surface area contributed by atoms with E-state index in [1.54, 1.807) is 22.7 Å². The second-order valence-electron chi connectivity index (χ2n) is 3.47. The van der Waals surface area contributed by atoms with Crippen molar-refractivity contribution in [3.63, 3.8) is 0 Å². The Morgan fingerprint density at radius 1 is 1.06 bits per heavy atom. The number of hydrogen-bond donors (Lipinski definition) is 1. The van der Waals surface area contributed by atoms with E-state index in [4.69, 9.17) is 0 Å². The maximum absolute atomic E-state index is 9.63. The molecule has 0 atom stereocenters. The lowest BCUT2D eigenvalue weighted by Gasteiger charge is -1.92. The van der Waals surface area contributed by atoms with Crippen molar-refractivity contribution < 1.29 is 5.11 Å². The Morgan fingerprint density at radius 3 is 2.75 bits per heavy atom. The van der Waals surface area contributed by atoms with E-state index in [0.717, 1.165) is 11.4 Å². The summed E-state index contributed by atoms with van der Waals surface area (Å²) >= 11 is 0. The fourth-order valence-corrected chi connectivity index (χ4v) is 1.64. The van der Waals surface area contributed by atoms with E-state index in [0.29, 0.717) is 5.65 Å². The van der Waals surface area contributed by atoms with E-state index in [1.165, 1.54) is 0 Å². The molecule has 0 aliphatic rings. The van der Waals surface area contributed by atoms with Gasteiger partial charge in [-0.1, -0.05) is 6.07 Å². The van der Waals surface area contributed by atoms with E-state index in [2.05, 4.69) is 9.97 Å². The number of hydrogen-bond acceptors (Lipinski definition) is 3. The lowest BCUT2D eigenvalue weighted by atomic mass is 10.3. The highest BCUT2D eigenvalue weighted by Crippen LogP contribution is 2.21. The highest BCUT2D eigenvalue weighted by atomic mass is 16.3. The minimum Gasteiger partial charge on any atom is -0.504 e. The van der Waals surface area contributed by atoms with Gasteiger partial charge in [0.2, 0.25) is 0 Å². The molecule has 0 aliphatic carbocycles. The summed E-state index contributed by atoms with van der Waals surface area (Å²) in [4.78, 5) is 8.55. The normalized spacial score (nSPS) is 10.8. The average Bonchev–Trinajstić information content (AvgIpc) is 2.76. The molecular formula is C12H9N3O. The number of nitrogens with zero attached hydrogens (tertiary/aromatic N) is 3. The molecule has 0 spiro atoms. The zero-order chi connectivity index (χ0) is 11.0. The van der Waals surface area contributed by atoms with Crippen molar-refractivity contribution in [2.45, 2.75) is 0 Å². The highest BCUT2D eigenvalue weighted by molar-refractivity contribution is 5.62. The van der Waals surface area contributed by atoms with Crippen LogP contribution in [0.3, 0.4) is 0 Å². The Balaban J connectivity index is 2.23. The molecule has 3 heterocycles. The Morgan fingerprint density at radius 2 is 2.00 bits per heavy atom. The van der Waals surface area contributed by atoms with Crippen LogP contribution in [0.25, 0.3) is 17.0 Å². The van der Waals surface area contributed by atoms with Crippen LogP contribution in [0.15, 0.2) is 48.9 Å². The summed E-state index contributed by atoms with van der Waals surface area (Å²) in [6.45, 7) is 0. The van der Waals surface area contributed by atoms with Crippen LogP contribution in [0, 0.1) is 0 Å². The summed E-state index contributed by atoms with van der Waals surface area (Å²) in [7, 11) is 0. The molecule has 78 valence electrons. The van der Waals surface area contributed by atoms with E-state index < -0.39 is 0 Å². The molecule has 3 aromatic rings. The van der Waals surface area contributed by atoms with Crippen molar-refractivity contribution in [3.05, 3.63) is 48.9 Å². The number of imidazole rings is 1. The van der Waals surface area contributed by atoms with Gasteiger partial charge in [0.1, 0.15) is 5.69 Å². The first kappa shape index (κ1) is 8.91. The number of rotatable bonds is 1. The maximum atomic E-state index is 9.63. The smallest absolute Gasteiger partial charge is 0.180 e. The van der Waals surface area contributed by atoms with Gasteiger partial charge >= 0.3 is 0 Å². The average molecular weight is 211 g/mol. The lowest BCUT2D eigenvalue weighted by molar-refractivity contribution is 0.477. The first-order valence-corrected chi connectivity index (χ1v) is 4.93. The number of aromatic hydroxyl groups is 1. The van der Waals surface area contributed by atoms with Crippen LogP contribution in [-0.4, -0.2) is 19.5 Å². The van der Waals surface area contributed by atoms with Crippen molar-refractivity contribution >= 4 is 5.65 Å². The third kappa shape index (κ3) is 1.32. The summed E-state index contributed by atoms with van der Waals surface area (Å²) in [5.41, 5.74) is 2.09. The van der Waals surface area contributed by atoms with Crippen LogP contribution in [0.4, 0.5) is 0 Å². The molecule has 3 rings (SSSR count). The molecule has 3 aromatic heterocycles. The molecule has 0 unspecified atom stereocenters. The predicted octanol–water partition coefficient (Wildman–Crippen LogP) is 2.10. The van der Waals surface area contributed by atoms with Crippen LogP contribution in [0.2, 0.25) is 0 Å². The molecule has 0 saturated heterocycles. The van der Waals surface area contributed by atoms with E-state index in [-0.39, 0.29) is 5.75 Å². The Bertz CT molecular complexity index is 631. The van der Waals surface area contributed by atoms with Gasteiger partial charge in [0, 0.05) is 18.6 Å². The lowest BCUT2D eigenvalue weighted by Crippen LogP contribution is -1.80. The standard InChI is InChI=1S/C12H9N3O/c16-11-5-3-7-15-8-10(14-12(11)15)9-4-1-2-6-13-9/h1-8,16H. The van der Waals surface area contributed by atoms with E-state index >= 15 is 0 Å². The quantitative estimate of drug-likeness (QED) is 0.670. The Kier molecular flexibility index (Phi) is 1.86. The minimum atomic E-state index is 0.171. The van der Waals surface area contributed by atoms with Crippen molar-refractivity contribution in [2.24, 2.45) is 0 Å². The van der Waals surface area contributed by atoms with Crippen LogP contribution in [0.1, 0.15) is 0 Å². The summed E-state index contributed by atoms with van der Waals surface area (Å²) < 4.78 is 1.78. The van der Waals surface area contributed by atoms with Crippen LogP contribution < -0.4 is 0 Å². The zero-order valence-corrected chi connectivity index (χ0v) is 8.41. The summed E-state index contributed by atoms with van der Waals surface area (Å²) in [6, 6.07) is 9.04. The molecule has 0 fully saturated rings. The van der Waals surface area contributed by atoms with Gasteiger partial charge in [-0.2, -0.15) is 0 Å². The molecule has 4 heteroatoms. The topological polar surface area (TPSA) is 50.4 Å². The predicted molar refractivity (Wildman–Crippen MR) is 60.1 cm³/mol. The monoisotopic (exact) mass is 211 g/mol. The molecule has 16 heavy (non-hydrogen) atoms. The molecule has 0 aliphatic heterocycles. The second kappa shape index (κ2) is 3.34. The number of aromatic nitrogens is 3. The fraction of sp³-hybridized carbons (Fsp3) is 0. The van der Waals surface area contributed by atoms with Crippen molar-refractivity contribution in [1.82, 2.24) is 14.4 Å². The molecular weight excluding hydrogens is 202 g/mol. The number of fused-ring (bicyclic) bond motifs is 1. The van der Waals surface area contributed by atoms with Gasteiger partial charge in [0.25, 0.3) is 0 Å². The SMILES string of the molecule is Oc1cccn2cc(-c3ccccn3)nc12. The minimum absolute atomic E-state index is 0.171.